The fourth-order valence-electron chi connectivity index (χ4n) is 4.13. The maximum absolute atomic E-state index is 12.9. The SMILES string of the molecule is Cc1nc2c(cc1C(=O)/C=C/c1ccccc1)C1(C)Oc3ccccc3C(C2)O1. The molecule has 0 radical (unpaired) electrons. The van der Waals surface area contributed by atoms with Crippen molar-refractivity contribution in [1.82, 2.24) is 4.98 Å². The topological polar surface area (TPSA) is 48.4 Å². The summed E-state index contributed by atoms with van der Waals surface area (Å²) in [6.07, 6.45) is 3.99. The fraction of sp³-hybridized carbons (Fsp3) is 0.200. The van der Waals surface area contributed by atoms with Crippen LogP contribution in [-0.2, 0) is 16.9 Å². The molecule has 2 atom stereocenters. The van der Waals surface area contributed by atoms with Crippen LogP contribution in [0.25, 0.3) is 6.08 Å². The first-order chi connectivity index (χ1) is 14.0. The molecule has 29 heavy (non-hydrogen) atoms. The number of aromatic nitrogens is 1. The second kappa shape index (κ2) is 6.68. The average molecular weight is 383 g/mol. The number of benzene rings is 2. The number of rotatable bonds is 3. The van der Waals surface area contributed by atoms with Gasteiger partial charge < -0.3 is 9.47 Å². The summed E-state index contributed by atoms with van der Waals surface area (Å²) in [6.45, 7) is 3.78. The Labute approximate surface area is 169 Å². The molecule has 0 saturated heterocycles. The predicted molar refractivity (Wildman–Crippen MR) is 111 cm³/mol. The molecular weight excluding hydrogens is 362 g/mol. The van der Waals surface area contributed by atoms with Crippen LogP contribution in [0, 0.1) is 6.92 Å². The van der Waals surface area contributed by atoms with Crippen LogP contribution in [-0.4, -0.2) is 10.8 Å². The summed E-state index contributed by atoms with van der Waals surface area (Å²) in [7, 11) is 0. The first kappa shape index (κ1) is 17.8. The standard InChI is InChI=1S/C25H21NO3/c1-16-19(22(27)13-12-17-8-4-3-5-9-17)14-20-21(26-16)15-24-18-10-6-7-11-23(18)28-25(20,2)29-24/h3-14,24H,15H2,1-2H3/b13-12+. The van der Waals surface area contributed by atoms with Gasteiger partial charge in [0.2, 0.25) is 5.79 Å². The molecule has 0 amide bonds. The van der Waals surface area contributed by atoms with Crippen LogP contribution >= 0.6 is 0 Å². The first-order valence-electron chi connectivity index (χ1n) is 9.78. The van der Waals surface area contributed by atoms with Crippen molar-refractivity contribution in [1.29, 1.82) is 0 Å². The van der Waals surface area contributed by atoms with Crippen LogP contribution in [0.1, 0.15) is 51.5 Å². The lowest BCUT2D eigenvalue weighted by atomic mass is 9.89. The van der Waals surface area contributed by atoms with Gasteiger partial charge in [0.1, 0.15) is 5.75 Å². The molecule has 4 heteroatoms. The normalized spacial score (nSPS) is 21.9. The third kappa shape index (κ3) is 3.06. The van der Waals surface area contributed by atoms with Crippen LogP contribution in [0.15, 0.2) is 66.7 Å². The fourth-order valence-corrected chi connectivity index (χ4v) is 4.13. The average Bonchev–Trinajstić information content (AvgIpc) is 2.72. The van der Waals surface area contributed by atoms with Gasteiger partial charge in [-0.2, -0.15) is 0 Å². The number of hydrogen-bond acceptors (Lipinski definition) is 4. The van der Waals surface area contributed by atoms with Crippen molar-refractivity contribution in [3.05, 3.63) is 100 Å². The summed E-state index contributed by atoms with van der Waals surface area (Å²) in [6, 6.07) is 19.6. The van der Waals surface area contributed by atoms with Gasteiger partial charge >= 0.3 is 0 Å². The van der Waals surface area contributed by atoms with Gasteiger partial charge in [-0.15, -0.1) is 0 Å². The number of carbonyl (C=O) groups excluding carboxylic acids is 1. The van der Waals surface area contributed by atoms with Gasteiger partial charge in [0.05, 0.1) is 11.8 Å². The highest BCUT2D eigenvalue weighted by Crippen LogP contribution is 2.49. The van der Waals surface area contributed by atoms with Crippen molar-refractivity contribution in [3.63, 3.8) is 0 Å². The Hall–Kier alpha value is -3.24. The van der Waals surface area contributed by atoms with Crippen molar-refractivity contribution >= 4 is 11.9 Å². The third-order valence-corrected chi connectivity index (χ3v) is 5.59. The Morgan fingerprint density at radius 3 is 2.72 bits per heavy atom. The van der Waals surface area contributed by atoms with Crippen molar-refractivity contribution < 1.29 is 14.3 Å². The van der Waals surface area contributed by atoms with E-state index in [-0.39, 0.29) is 11.9 Å². The number of fused-ring (bicyclic) bond motifs is 6. The van der Waals surface area contributed by atoms with Crippen LogP contribution in [0.5, 0.6) is 5.75 Å². The monoisotopic (exact) mass is 383 g/mol. The number of aryl methyl sites for hydroxylation is 1. The number of para-hydroxylation sites is 1. The van der Waals surface area contributed by atoms with E-state index in [2.05, 4.69) is 0 Å². The molecule has 2 aromatic carbocycles. The summed E-state index contributed by atoms with van der Waals surface area (Å²) >= 11 is 0. The smallest absolute Gasteiger partial charge is 0.236 e. The number of pyridine rings is 1. The number of carbonyl (C=O) groups is 1. The summed E-state index contributed by atoms with van der Waals surface area (Å²) in [4.78, 5) is 17.7. The maximum Gasteiger partial charge on any atom is 0.236 e. The lowest BCUT2D eigenvalue weighted by Gasteiger charge is -2.44. The van der Waals surface area contributed by atoms with E-state index >= 15 is 0 Å². The van der Waals surface area contributed by atoms with E-state index in [4.69, 9.17) is 14.5 Å². The molecule has 0 spiro atoms. The van der Waals surface area contributed by atoms with Gasteiger partial charge in [-0.25, -0.2) is 0 Å². The van der Waals surface area contributed by atoms with E-state index in [1.807, 2.05) is 80.6 Å². The van der Waals surface area contributed by atoms with Crippen molar-refractivity contribution in [2.45, 2.75) is 32.2 Å². The molecule has 2 aliphatic heterocycles. The molecule has 4 nitrogen and oxygen atoms in total. The Bertz CT molecular complexity index is 1140. The zero-order chi connectivity index (χ0) is 20.0. The second-order valence-corrected chi connectivity index (χ2v) is 7.62. The van der Waals surface area contributed by atoms with Crippen molar-refractivity contribution in [2.24, 2.45) is 0 Å². The lowest BCUT2D eigenvalue weighted by Crippen LogP contribution is -2.43. The molecule has 0 N–H and O–H groups in total. The summed E-state index contributed by atoms with van der Waals surface area (Å²) in [5.74, 6) is -0.205. The quantitative estimate of drug-likeness (QED) is 0.463. The number of nitrogens with zero attached hydrogens (tertiary/aromatic N) is 1. The minimum Gasteiger partial charge on any atom is -0.458 e. The Kier molecular flexibility index (Phi) is 4.10. The van der Waals surface area contributed by atoms with Crippen LogP contribution < -0.4 is 4.74 Å². The number of ketones is 1. The minimum absolute atomic E-state index is 0.0800. The molecule has 144 valence electrons. The van der Waals surface area contributed by atoms with E-state index in [9.17, 15) is 4.79 Å². The molecular formula is C25H21NO3. The largest absolute Gasteiger partial charge is 0.458 e. The molecule has 0 aliphatic carbocycles. The van der Waals surface area contributed by atoms with Crippen molar-refractivity contribution in [2.75, 3.05) is 0 Å². The van der Waals surface area contributed by atoms with Crippen LogP contribution in [0.3, 0.4) is 0 Å². The predicted octanol–water partition coefficient (Wildman–Crippen LogP) is 5.17. The zero-order valence-corrected chi connectivity index (χ0v) is 16.4. The minimum atomic E-state index is -0.953. The molecule has 0 fully saturated rings. The molecule has 5 rings (SSSR count). The van der Waals surface area contributed by atoms with Gasteiger partial charge in [0.25, 0.3) is 0 Å². The van der Waals surface area contributed by atoms with Crippen molar-refractivity contribution in [3.8, 4) is 5.75 Å². The maximum atomic E-state index is 12.9. The molecule has 3 aromatic rings. The summed E-state index contributed by atoms with van der Waals surface area (Å²) in [5.41, 5.74) is 5.07. The highest BCUT2D eigenvalue weighted by molar-refractivity contribution is 6.07. The molecule has 3 heterocycles. The van der Waals surface area contributed by atoms with Gasteiger partial charge in [0.15, 0.2) is 5.78 Å². The number of ether oxygens (including phenoxy) is 2. The Morgan fingerprint density at radius 2 is 1.90 bits per heavy atom. The van der Waals surface area contributed by atoms with E-state index in [0.717, 1.165) is 33.8 Å². The summed E-state index contributed by atoms with van der Waals surface area (Å²) in [5, 5.41) is 0. The number of allylic oxidation sites excluding steroid dienone is 1. The number of hydrogen-bond donors (Lipinski definition) is 0. The Morgan fingerprint density at radius 1 is 1.14 bits per heavy atom. The molecule has 2 aliphatic rings. The van der Waals surface area contributed by atoms with E-state index in [1.165, 1.54) is 0 Å². The second-order valence-electron chi connectivity index (χ2n) is 7.62. The van der Waals surface area contributed by atoms with Gasteiger partial charge in [0, 0.05) is 35.7 Å². The van der Waals surface area contributed by atoms with Gasteiger partial charge in [-0.1, -0.05) is 54.6 Å². The molecule has 2 unspecified atom stereocenters. The van der Waals surface area contributed by atoms with E-state index < -0.39 is 5.79 Å². The zero-order valence-electron chi connectivity index (χ0n) is 16.4. The van der Waals surface area contributed by atoms with Gasteiger partial charge in [-0.3, -0.25) is 9.78 Å². The van der Waals surface area contributed by atoms with Gasteiger partial charge in [-0.05, 0) is 30.7 Å². The Balaban J connectivity index is 1.52. The molecule has 1 aromatic heterocycles. The highest BCUT2D eigenvalue weighted by Gasteiger charge is 2.46. The lowest BCUT2D eigenvalue weighted by molar-refractivity contribution is -0.236. The van der Waals surface area contributed by atoms with Crippen LogP contribution in [0.2, 0.25) is 0 Å². The third-order valence-electron chi connectivity index (χ3n) is 5.59. The molecule has 0 saturated carbocycles. The van der Waals surface area contributed by atoms with Crippen LogP contribution in [0.4, 0.5) is 0 Å². The van der Waals surface area contributed by atoms with E-state index in [0.29, 0.717) is 12.0 Å². The van der Waals surface area contributed by atoms with E-state index in [1.54, 1.807) is 6.08 Å². The highest BCUT2D eigenvalue weighted by atomic mass is 16.7. The first-order valence-corrected chi connectivity index (χ1v) is 9.78. The molecule has 2 bridgehead atoms. The summed E-state index contributed by atoms with van der Waals surface area (Å²) < 4.78 is 12.5.